The molecule has 7 heteroatoms. The number of aliphatic hydroxyl groups is 1. The van der Waals surface area contributed by atoms with Gasteiger partial charge in [-0.15, -0.1) is 0 Å². The molecule has 0 aliphatic heterocycles. The Morgan fingerprint density at radius 1 is 1.28 bits per heavy atom. The lowest BCUT2D eigenvalue weighted by atomic mass is 10.0. The standard InChI is InChI=1S/C11H21N5O2/c1-5-6-11(2,17)7-13-9-14-8(12-3)15-10(16-9)18-4/h17H,5-7H2,1-4H3,(H2,12,13,14,15,16). The molecule has 0 aliphatic rings. The van der Waals surface area contributed by atoms with Crippen molar-refractivity contribution in [1.29, 1.82) is 0 Å². The van der Waals surface area contributed by atoms with E-state index in [4.69, 9.17) is 4.74 Å². The average molecular weight is 255 g/mol. The molecule has 0 aromatic carbocycles. The first kappa shape index (κ1) is 14.4. The number of ether oxygens (including phenoxy) is 1. The predicted octanol–water partition coefficient (Wildman–Crippen LogP) is 0.885. The maximum absolute atomic E-state index is 10.0. The SMILES string of the molecule is CCCC(C)(O)CNc1nc(NC)nc(OC)n1. The smallest absolute Gasteiger partial charge is 0.322 e. The Hall–Kier alpha value is -1.63. The molecule has 0 saturated heterocycles. The predicted molar refractivity (Wildman–Crippen MR) is 69.9 cm³/mol. The van der Waals surface area contributed by atoms with Crippen LogP contribution in [-0.2, 0) is 0 Å². The zero-order chi connectivity index (χ0) is 13.6. The maximum Gasteiger partial charge on any atom is 0.322 e. The second kappa shape index (κ2) is 6.34. The molecule has 3 N–H and O–H groups in total. The van der Waals surface area contributed by atoms with Crippen LogP contribution in [0.4, 0.5) is 11.9 Å². The van der Waals surface area contributed by atoms with Crippen LogP contribution in [-0.4, -0.2) is 46.4 Å². The minimum Gasteiger partial charge on any atom is -0.467 e. The number of hydrogen-bond acceptors (Lipinski definition) is 7. The fourth-order valence-electron chi connectivity index (χ4n) is 1.54. The third kappa shape index (κ3) is 4.33. The first-order valence-corrected chi connectivity index (χ1v) is 5.95. The summed E-state index contributed by atoms with van der Waals surface area (Å²) in [6.07, 6.45) is 1.62. The average Bonchev–Trinajstić information content (AvgIpc) is 2.36. The molecular formula is C11H21N5O2. The Morgan fingerprint density at radius 2 is 1.94 bits per heavy atom. The molecule has 1 atom stereocenters. The normalized spacial score (nSPS) is 13.8. The number of anilines is 2. The first-order chi connectivity index (χ1) is 8.50. The second-order valence-electron chi connectivity index (χ2n) is 4.32. The Labute approximate surface area is 107 Å². The number of aromatic nitrogens is 3. The van der Waals surface area contributed by atoms with Gasteiger partial charge in [0.25, 0.3) is 0 Å². The van der Waals surface area contributed by atoms with E-state index >= 15 is 0 Å². The third-order valence-corrected chi connectivity index (χ3v) is 2.44. The lowest BCUT2D eigenvalue weighted by molar-refractivity contribution is 0.0635. The van der Waals surface area contributed by atoms with Gasteiger partial charge in [0.05, 0.1) is 12.7 Å². The molecule has 18 heavy (non-hydrogen) atoms. The largest absolute Gasteiger partial charge is 0.467 e. The summed E-state index contributed by atoms with van der Waals surface area (Å²) >= 11 is 0. The summed E-state index contributed by atoms with van der Waals surface area (Å²) in [6, 6.07) is 0.229. The van der Waals surface area contributed by atoms with Gasteiger partial charge in [-0.25, -0.2) is 0 Å². The van der Waals surface area contributed by atoms with Crippen LogP contribution < -0.4 is 15.4 Å². The van der Waals surface area contributed by atoms with Gasteiger partial charge < -0.3 is 20.5 Å². The van der Waals surface area contributed by atoms with E-state index in [0.29, 0.717) is 24.9 Å². The topological polar surface area (TPSA) is 92.2 Å². The van der Waals surface area contributed by atoms with Gasteiger partial charge in [0, 0.05) is 13.6 Å². The molecular weight excluding hydrogens is 234 g/mol. The molecule has 1 heterocycles. The van der Waals surface area contributed by atoms with Crippen molar-refractivity contribution in [2.45, 2.75) is 32.3 Å². The quantitative estimate of drug-likeness (QED) is 0.666. The van der Waals surface area contributed by atoms with E-state index in [-0.39, 0.29) is 6.01 Å². The van der Waals surface area contributed by atoms with Crippen molar-refractivity contribution in [3.63, 3.8) is 0 Å². The lowest BCUT2D eigenvalue weighted by Gasteiger charge is -2.22. The first-order valence-electron chi connectivity index (χ1n) is 5.95. The highest BCUT2D eigenvalue weighted by Crippen LogP contribution is 2.14. The minimum absolute atomic E-state index is 0.229. The van der Waals surface area contributed by atoms with E-state index < -0.39 is 5.60 Å². The highest BCUT2D eigenvalue weighted by molar-refractivity contribution is 5.35. The van der Waals surface area contributed by atoms with Gasteiger partial charge in [0.15, 0.2) is 0 Å². The zero-order valence-electron chi connectivity index (χ0n) is 11.3. The lowest BCUT2D eigenvalue weighted by Crippen LogP contribution is -2.33. The highest BCUT2D eigenvalue weighted by Gasteiger charge is 2.19. The summed E-state index contributed by atoms with van der Waals surface area (Å²) in [6.45, 7) is 4.18. The van der Waals surface area contributed by atoms with Gasteiger partial charge in [0.2, 0.25) is 11.9 Å². The second-order valence-corrected chi connectivity index (χ2v) is 4.32. The van der Waals surface area contributed by atoms with Crippen molar-refractivity contribution in [3.05, 3.63) is 0 Å². The van der Waals surface area contributed by atoms with Crippen molar-refractivity contribution in [1.82, 2.24) is 15.0 Å². The summed E-state index contributed by atoms with van der Waals surface area (Å²) in [5.41, 5.74) is -0.783. The number of hydrogen-bond donors (Lipinski definition) is 3. The molecule has 1 aromatic heterocycles. The summed E-state index contributed by atoms with van der Waals surface area (Å²) in [5, 5.41) is 15.9. The monoisotopic (exact) mass is 255 g/mol. The summed E-state index contributed by atoms with van der Waals surface area (Å²) < 4.78 is 4.97. The number of nitrogens with zero attached hydrogens (tertiary/aromatic N) is 3. The van der Waals surface area contributed by atoms with E-state index in [1.165, 1.54) is 7.11 Å². The Morgan fingerprint density at radius 3 is 2.50 bits per heavy atom. The van der Waals surface area contributed by atoms with Gasteiger partial charge in [-0.05, 0) is 13.3 Å². The molecule has 0 saturated carbocycles. The van der Waals surface area contributed by atoms with Gasteiger partial charge >= 0.3 is 6.01 Å². The molecule has 0 aliphatic carbocycles. The van der Waals surface area contributed by atoms with Crippen LogP contribution in [0.1, 0.15) is 26.7 Å². The van der Waals surface area contributed by atoms with Crippen molar-refractivity contribution in [2.24, 2.45) is 0 Å². The van der Waals surface area contributed by atoms with Crippen LogP contribution in [0.3, 0.4) is 0 Å². The molecule has 1 unspecified atom stereocenters. The zero-order valence-corrected chi connectivity index (χ0v) is 11.3. The van der Waals surface area contributed by atoms with Gasteiger partial charge in [0.1, 0.15) is 0 Å². The van der Waals surface area contributed by atoms with Crippen LogP contribution in [0.2, 0.25) is 0 Å². The van der Waals surface area contributed by atoms with E-state index in [0.717, 1.165) is 6.42 Å². The van der Waals surface area contributed by atoms with E-state index in [9.17, 15) is 5.11 Å². The Bertz CT molecular complexity index is 361. The van der Waals surface area contributed by atoms with Crippen LogP contribution in [0, 0.1) is 0 Å². The van der Waals surface area contributed by atoms with Gasteiger partial charge in [-0.2, -0.15) is 15.0 Å². The number of rotatable bonds is 7. The molecule has 0 amide bonds. The molecule has 1 rings (SSSR count). The number of nitrogens with one attached hydrogen (secondary N) is 2. The van der Waals surface area contributed by atoms with Crippen LogP contribution >= 0.6 is 0 Å². The number of methoxy groups -OCH3 is 1. The highest BCUT2D eigenvalue weighted by atomic mass is 16.5. The summed E-state index contributed by atoms with van der Waals surface area (Å²) in [5.74, 6) is 0.794. The fourth-order valence-corrected chi connectivity index (χ4v) is 1.54. The third-order valence-electron chi connectivity index (χ3n) is 2.44. The van der Waals surface area contributed by atoms with Gasteiger partial charge in [-0.3, -0.25) is 0 Å². The fraction of sp³-hybridized carbons (Fsp3) is 0.727. The molecule has 0 spiro atoms. The molecule has 1 aromatic rings. The summed E-state index contributed by atoms with van der Waals surface area (Å²) in [7, 11) is 3.21. The minimum atomic E-state index is -0.783. The molecule has 7 nitrogen and oxygen atoms in total. The van der Waals surface area contributed by atoms with Crippen molar-refractivity contribution < 1.29 is 9.84 Å². The van der Waals surface area contributed by atoms with Gasteiger partial charge in [-0.1, -0.05) is 13.3 Å². The van der Waals surface area contributed by atoms with Crippen LogP contribution in [0.5, 0.6) is 6.01 Å². The Balaban J connectivity index is 2.72. The summed E-state index contributed by atoms with van der Waals surface area (Å²) in [4.78, 5) is 12.2. The molecule has 0 radical (unpaired) electrons. The van der Waals surface area contributed by atoms with Crippen LogP contribution in [0.25, 0.3) is 0 Å². The maximum atomic E-state index is 10.0. The van der Waals surface area contributed by atoms with Crippen LogP contribution in [0.15, 0.2) is 0 Å². The molecule has 0 bridgehead atoms. The van der Waals surface area contributed by atoms with Crippen molar-refractivity contribution in [3.8, 4) is 6.01 Å². The Kier molecular flexibility index (Phi) is 5.08. The molecule has 0 fully saturated rings. The van der Waals surface area contributed by atoms with E-state index in [1.807, 2.05) is 6.92 Å². The van der Waals surface area contributed by atoms with E-state index in [1.54, 1.807) is 14.0 Å². The van der Waals surface area contributed by atoms with E-state index in [2.05, 4.69) is 25.6 Å². The van der Waals surface area contributed by atoms with Crippen molar-refractivity contribution >= 4 is 11.9 Å². The molecule has 102 valence electrons. The van der Waals surface area contributed by atoms with Crippen molar-refractivity contribution in [2.75, 3.05) is 31.3 Å².